The minimum absolute atomic E-state index is 0.0830. The standard InChI is InChI=1S/C27H31NO6S/c1-18-16-21(29)25(31)26(34-18)27(10-14-35-15-11-27)17-24(30)28-12-9-20(23-8-5-13-33-23)19-6-3-4-7-22(19)32-2/h3-8,13,16,20,31H,9-12,14-15,17H2,1-2H3,(H,28,30). The fraction of sp³-hybridized carbons (Fsp3) is 0.407. The van der Waals surface area contributed by atoms with E-state index in [0.717, 1.165) is 28.6 Å². The number of hydrogen-bond donors (Lipinski definition) is 2. The zero-order valence-electron chi connectivity index (χ0n) is 20.0. The van der Waals surface area contributed by atoms with Crippen molar-refractivity contribution in [2.75, 3.05) is 25.2 Å². The van der Waals surface area contributed by atoms with Crippen molar-refractivity contribution in [3.8, 4) is 11.5 Å². The van der Waals surface area contributed by atoms with Crippen molar-refractivity contribution in [2.24, 2.45) is 0 Å². The zero-order valence-corrected chi connectivity index (χ0v) is 20.9. The van der Waals surface area contributed by atoms with E-state index in [1.807, 2.05) is 36.4 Å². The highest BCUT2D eigenvalue weighted by molar-refractivity contribution is 7.99. The summed E-state index contributed by atoms with van der Waals surface area (Å²) < 4.78 is 17.1. The molecule has 0 spiro atoms. The number of aromatic hydroxyl groups is 1. The minimum Gasteiger partial charge on any atom is -0.502 e. The van der Waals surface area contributed by atoms with Crippen LogP contribution in [0.2, 0.25) is 0 Å². The number of nitrogens with one attached hydrogen (secondary N) is 1. The van der Waals surface area contributed by atoms with Crippen molar-refractivity contribution >= 4 is 17.7 Å². The van der Waals surface area contributed by atoms with E-state index in [2.05, 4.69) is 5.32 Å². The maximum atomic E-state index is 13.1. The summed E-state index contributed by atoms with van der Waals surface area (Å²) in [5.74, 6) is 3.29. The number of benzene rings is 1. The van der Waals surface area contributed by atoms with Crippen LogP contribution in [-0.2, 0) is 10.2 Å². The van der Waals surface area contributed by atoms with Crippen LogP contribution >= 0.6 is 11.8 Å². The fourth-order valence-corrected chi connectivity index (χ4v) is 6.10. The second-order valence-corrected chi connectivity index (χ2v) is 10.1. The number of para-hydroxylation sites is 1. The predicted octanol–water partition coefficient (Wildman–Crippen LogP) is 4.75. The highest BCUT2D eigenvalue weighted by atomic mass is 32.2. The predicted molar refractivity (Wildman–Crippen MR) is 135 cm³/mol. The molecule has 1 fully saturated rings. The Morgan fingerprint density at radius 3 is 2.71 bits per heavy atom. The van der Waals surface area contributed by atoms with E-state index in [0.29, 0.717) is 31.6 Å². The van der Waals surface area contributed by atoms with Crippen LogP contribution in [-0.4, -0.2) is 36.2 Å². The molecule has 1 saturated heterocycles. The molecule has 1 atom stereocenters. The summed E-state index contributed by atoms with van der Waals surface area (Å²) in [5, 5.41) is 13.6. The highest BCUT2D eigenvalue weighted by Gasteiger charge is 2.41. The van der Waals surface area contributed by atoms with Crippen molar-refractivity contribution in [3.05, 3.63) is 81.8 Å². The Balaban J connectivity index is 1.49. The first kappa shape index (κ1) is 25.0. The van der Waals surface area contributed by atoms with E-state index in [1.54, 1.807) is 32.1 Å². The topological polar surface area (TPSA) is 102 Å². The van der Waals surface area contributed by atoms with E-state index in [-0.39, 0.29) is 29.8 Å². The molecule has 0 bridgehead atoms. The van der Waals surface area contributed by atoms with E-state index >= 15 is 0 Å². The molecule has 1 unspecified atom stereocenters. The molecule has 8 heteroatoms. The van der Waals surface area contributed by atoms with Gasteiger partial charge in [-0.25, -0.2) is 0 Å². The van der Waals surface area contributed by atoms with Gasteiger partial charge in [-0.2, -0.15) is 11.8 Å². The van der Waals surface area contributed by atoms with Gasteiger partial charge in [-0.3, -0.25) is 9.59 Å². The molecule has 1 aliphatic heterocycles. The van der Waals surface area contributed by atoms with Gasteiger partial charge < -0.3 is 24.0 Å². The van der Waals surface area contributed by atoms with Gasteiger partial charge in [-0.05, 0) is 55.9 Å². The number of carbonyl (C=O) groups excluding carboxylic acids is 1. The van der Waals surface area contributed by atoms with Gasteiger partial charge in [0.2, 0.25) is 17.1 Å². The molecule has 1 amide bonds. The van der Waals surface area contributed by atoms with Crippen molar-refractivity contribution < 1.29 is 23.5 Å². The van der Waals surface area contributed by atoms with Gasteiger partial charge in [-0.1, -0.05) is 18.2 Å². The Kier molecular flexibility index (Phi) is 7.90. The van der Waals surface area contributed by atoms with Gasteiger partial charge in [0.05, 0.1) is 13.4 Å². The van der Waals surface area contributed by atoms with Crippen LogP contribution in [0.4, 0.5) is 0 Å². The maximum Gasteiger partial charge on any atom is 0.227 e. The van der Waals surface area contributed by atoms with Crippen molar-refractivity contribution in [1.29, 1.82) is 0 Å². The quantitative estimate of drug-likeness (QED) is 0.440. The number of amides is 1. The molecular weight excluding hydrogens is 466 g/mol. The SMILES string of the molecule is COc1ccccc1C(CCNC(=O)CC1(c2oc(C)cc(=O)c2O)CCSCC1)c1ccco1. The molecule has 1 aliphatic rings. The van der Waals surface area contributed by atoms with Gasteiger partial charge in [-0.15, -0.1) is 0 Å². The Morgan fingerprint density at radius 2 is 2.00 bits per heavy atom. The largest absolute Gasteiger partial charge is 0.502 e. The lowest BCUT2D eigenvalue weighted by Crippen LogP contribution is -2.39. The van der Waals surface area contributed by atoms with Crippen LogP contribution in [0, 0.1) is 6.92 Å². The second kappa shape index (κ2) is 11.1. The first-order valence-electron chi connectivity index (χ1n) is 11.8. The third kappa shape index (κ3) is 5.59. The summed E-state index contributed by atoms with van der Waals surface area (Å²) >= 11 is 1.80. The lowest BCUT2D eigenvalue weighted by Gasteiger charge is -2.35. The summed E-state index contributed by atoms with van der Waals surface area (Å²) in [6, 6.07) is 12.8. The summed E-state index contributed by atoms with van der Waals surface area (Å²) in [4.78, 5) is 25.4. The summed E-state index contributed by atoms with van der Waals surface area (Å²) in [7, 11) is 1.64. The number of hydrogen-bond acceptors (Lipinski definition) is 7. The van der Waals surface area contributed by atoms with Gasteiger partial charge in [0.1, 0.15) is 17.3 Å². The van der Waals surface area contributed by atoms with Crippen LogP contribution in [0.3, 0.4) is 0 Å². The second-order valence-electron chi connectivity index (χ2n) is 8.92. The van der Waals surface area contributed by atoms with E-state index in [9.17, 15) is 14.7 Å². The normalized spacial score (nSPS) is 15.9. The number of furan rings is 1. The molecule has 186 valence electrons. The number of thioether (sulfide) groups is 1. The van der Waals surface area contributed by atoms with Crippen molar-refractivity contribution in [1.82, 2.24) is 5.32 Å². The first-order chi connectivity index (χ1) is 16.9. The smallest absolute Gasteiger partial charge is 0.227 e. The first-order valence-corrected chi connectivity index (χ1v) is 12.9. The summed E-state index contributed by atoms with van der Waals surface area (Å²) in [5.41, 5.74) is -0.181. The lowest BCUT2D eigenvalue weighted by molar-refractivity contribution is -0.122. The average molecular weight is 498 g/mol. The third-order valence-corrected chi connectivity index (χ3v) is 7.62. The molecule has 3 aromatic rings. The Labute approximate surface area is 208 Å². The molecule has 1 aromatic carbocycles. The number of methoxy groups -OCH3 is 1. The number of rotatable bonds is 9. The molecular formula is C27H31NO6S. The maximum absolute atomic E-state index is 13.1. The molecule has 35 heavy (non-hydrogen) atoms. The molecule has 0 saturated carbocycles. The van der Waals surface area contributed by atoms with Crippen LogP contribution in [0.1, 0.15) is 54.4 Å². The number of aryl methyl sites for hydroxylation is 1. The van der Waals surface area contributed by atoms with Gasteiger partial charge in [0, 0.05) is 35.9 Å². The van der Waals surface area contributed by atoms with Gasteiger partial charge in [0.25, 0.3) is 0 Å². The van der Waals surface area contributed by atoms with Crippen LogP contribution in [0.15, 0.2) is 62.4 Å². The fourth-order valence-electron chi connectivity index (χ4n) is 4.83. The van der Waals surface area contributed by atoms with Crippen LogP contribution < -0.4 is 15.5 Å². The van der Waals surface area contributed by atoms with Crippen molar-refractivity contribution in [2.45, 2.75) is 43.9 Å². The van der Waals surface area contributed by atoms with E-state index < -0.39 is 10.8 Å². The Hall–Kier alpha value is -3.13. The van der Waals surface area contributed by atoms with Crippen LogP contribution in [0.5, 0.6) is 11.5 Å². The van der Waals surface area contributed by atoms with E-state index in [4.69, 9.17) is 13.6 Å². The number of carbonyl (C=O) groups is 1. The lowest BCUT2D eigenvalue weighted by atomic mass is 9.75. The number of ether oxygens (including phenoxy) is 1. The molecule has 4 rings (SSSR count). The van der Waals surface area contributed by atoms with Gasteiger partial charge in [0.15, 0.2) is 5.76 Å². The Morgan fingerprint density at radius 1 is 1.23 bits per heavy atom. The Bertz CT molecular complexity index is 1200. The molecule has 2 N–H and O–H groups in total. The monoisotopic (exact) mass is 497 g/mol. The minimum atomic E-state index is -0.701. The molecule has 7 nitrogen and oxygen atoms in total. The molecule has 0 radical (unpaired) electrons. The molecule has 2 aromatic heterocycles. The van der Waals surface area contributed by atoms with Crippen molar-refractivity contribution in [3.63, 3.8) is 0 Å². The van der Waals surface area contributed by atoms with E-state index in [1.165, 1.54) is 6.07 Å². The summed E-state index contributed by atoms with van der Waals surface area (Å²) in [6.45, 7) is 2.11. The summed E-state index contributed by atoms with van der Waals surface area (Å²) in [6.07, 6.45) is 3.71. The average Bonchev–Trinajstić information content (AvgIpc) is 3.39. The van der Waals surface area contributed by atoms with Gasteiger partial charge >= 0.3 is 0 Å². The molecule has 0 aliphatic carbocycles. The molecule has 3 heterocycles. The third-order valence-electron chi connectivity index (χ3n) is 6.63. The zero-order chi connectivity index (χ0) is 24.8. The highest BCUT2D eigenvalue weighted by Crippen LogP contribution is 2.44. The van der Waals surface area contributed by atoms with Crippen LogP contribution in [0.25, 0.3) is 0 Å².